The second-order valence-electron chi connectivity index (χ2n) is 8.05. The minimum Gasteiger partial charge on any atom is -0.354 e. The number of carbonyl (C=O) groups is 3. The van der Waals surface area contributed by atoms with Crippen molar-refractivity contribution in [3.8, 4) is 0 Å². The van der Waals surface area contributed by atoms with Crippen LogP contribution in [0.5, 0.6) is 0 Å². The summed E-state index contributed by atoms with van der Waals surface area (Å²) < 4.78 is 0. The Morgan fingerprint density at radius 1 is 1.22 bits per heavy atom. The van der Waals surface area contributed by atoms with E-state index in [1.807, 2.05) is 31.2 Å². The number of urea groups is 1. The van der Waals surface area contributed by atoms with E-state index in [4.69, 9.17) is 0 Å². The van der Waals surface area contributed by atoms with Gasteiger partial charge in [-0.3, -0.25) is 14.5 Å². The Balaban J connectivity index is 1.52. The van der Waals surface area contributed by atoms with E-state index in [1.165, 1.54) is 17.5 Å². The number of amides is 4. The zero-order chi connectivity index (χ0) is 19.4. The van der Waals surface area contributed by atoms with Gasteiger partial charge in [-0.05, 0) is 42.7 Å². The Labute approximate surface area is 160 Å². The lowest BCUT2D eigenvalue weighted by Gasteiger charge is -2.37. The second kappa shape index (κ2) is 8.11. The summed E-state index contributed by atoms with van der Waals surface area (Å²) in [7, 11) is 0. The molecule has 1 aliphatic carbocycles. The third-order valence-corrected chi connectivity index (χ3v) is 6.00. The second-order valence-corrected chi connectivity index (χ2v) is 8.05. The zero-order valence-corrected chi connectivity index (χ0v) is 16.2. The number of imide groups is 1. The number of aryl methyl sites for hydroxylation is 1. The van der Waals surface area contributed by atoms with Crippen LogP contribution in [0.3, 0.4) is 0 Å². The van der Waals surface area contributed by atoms with Crippen molar-refractivity contribution < 1.29 is 14.4 Å². The van der Waals surface area contributed by atoms with Crippen LogP contribution in [0.1, 0.15) is 50.2 Å². The molecule has 146 valence electrons. The topological polar surface area (TPSA) is 78.5 Å². The maximum absolute atomic E-state index is 12.8. The fourth-order valence-electron chi connectivity index (χ4n) is 4.22. The third-order valence-electron chi connectivity index (χ3n) is 6.00. The largest absolute Gasteiger partial charge is 0.354 e. The summed E-state index contributed by atoms with van der Waals surface area (Å²) in [6.07, 6.45) is 5.92. The van der Waals surface area contributed by atoms with E-state index in [-0.39, 0.29) is 23.8 Å². The fraction of sp³-hybridized carbons (Fsp3) is 0.571. The molecule has 27 heavy (non-hydrogen) atoms. The number of nitrogens with one attached hydrogen (secondary N) is 2. The maximum Gasteiger partial charge on any atom is 0.325 e. The standard InChI is InChI=1S/C21H29N3O3/c1-15-8-4-5-9-16(15)10-13-22-17(25)14-24-19(26)18(23-20(24)27)21(2)11-6-3-7-12-21/h4-5,8-9,18H,3,6-7,10-14H2,1-2H3,(H,22,25)(H,23,27)/t18-/m0/s1. The van der Waals surface area contributed by atoms with Gasteiger partial charge < -0.3 is 10.6 Å². The lowest BCUT2D eigenvalue weighted by atomic mass is 9.70. The number of rotatable bonds is 6. The van der Waals surface area contributed by atoms with Crippen molar-refractivity contribution in [1.29, 1.82) is 0 Å². The molecular formula is C21H29N3O3. The molecule has 1 atom stereocenters. The van der Waals surface area contributed by atoms with E-state index in [1.54, 1.807) is 0 Å². The Kier molecular flexibility index (Phi) is 5.82. The highest BCUT2D eigenvalue weighted by molar-refractivity contribution is 6.06. The average Bonchev–Trinajstić information content (AvgIpc) is 2.93. The zero-order valence-electron chi connectivity index (χ0n) is 16.2. The molecule has 0 aromatic heterocycles. The molecule has 2 N–H and O–H groups in total. The highest BCUT2D eigenvalue weighted by atomic mass is 16.2. The van der Waals surface area contributed by atoms with E-state index in [2.05, 4.69) is 17.6 Å². The van der Waals surface area contributed by atoms with Gasteiger partial charge in [0.25, 0.3) is 5.91 Å². The highest BCUT2D eigenvalue weighted by Gasteiger charge is 2.49. The van der Waals surface area contributed by atoms with Crippen molar-refractivity contribution in [2.24, 2.45) is 5.41 Å². The minimum absolute atomic E-state index is 0.207. The molecule has 2 aliphatic rings. The Morgan fingerprint density at radius 3 is 2.63 bits per heavy atom. The van der Waals surface area contributed by atoms with Gasteiger partial charge in [0.05, 0.1) is 0 Å². The van der Waals surface area contributed by atoms with Crippen molar-refractivity contribution >= 4 is 17.8 Å². The molecule has 0 unspecified atom stereocenters. The van der Waals surface area contributed by atoms with Crippen LogP contribution in [-0.2, 0) is 16.0 Å². The molecule has 0 bridgehead atoms. The molecule has 0 spiro atoms. The summed E-state index contributed by atoms with van der Waals surface area (Å²) in [5.41, 5.74) is 2.16. The van der Waals surface area contributed by atoms with Crippen LogP contribution < -0.4 is 10.6 Å². The van der Waals surface area contributed by atoms with Crippen molar-refractivity contribution in [3.05, 3.63) is 35.4 Å². The first-order chi connectivity index (χ1) is 12.9. The Hall–Kier alpha value is -2.37. The van der Waals surface area contributed by atoms with Crippen molar-refractivity contribution in [2.45, 2.75) is 58.4 Å². The van der Waals surface area contributed by atoms with Gasteiger partial charge in [0.2, 0.25) is 5.91 Å². The maximum atomic E-state index is 12.8. The number of benzene rings is 1. The molecule has 2 fully saturated rings. The van der Waals surface area contributed by atoms with Gasteiger partial charge in [0, 0.05) is 6.54 Å². The van der Waals surface area contributed by atoms with Gasteiger partial charge in [-0.1, -0.05) is 50.5 Å². The first-order valence-electron chi connectivity index (χ1n) is 9.84. The summed E-state index contributed by atoms with van der Waals surface area (Å²) in [5, 5.41) is 5.63. The minimum atomic E-state index is -0.509. The number of hydrogen-bond acceptors (Lipinski definition) is 3. The third kappa shape index (κ3) is 4.31. The van der Waals surface area contributed by atoms with Gasteiger partial charge in [-0.15, -0.1) is 0 Å². The van der Waals surface area contributed by atoms with Crippen LogP contribution in [-0.4, -0.2) is 41.9 Å². The SMILES string of the molecule is Cc1ccccc1CCNC(=O)CN1C(=O)N[C@H](C2(C)CCCCC2)C1=O. The monoisotopic (exact) mass is 371 g/mol. The fourth-order valence-corrected chi connectivity index (χ4v) is 4.22. The summed E-state index contributed by atoms with van der Waals surface area (Å²) in [5.74, 6) is -0.569. The molecule has 1 aromatic rings. The molecule has 3 rings (SSSR count). The van der Waals surface area contributed by atoms with Crippen molar-refractivity contribution in [3.63, 3.8) is 0 Å². The van der Waals surface area contributed by atoms with E-state index in [0.717, 1.165) is 37.0 Å². The van der Waals surface area contributed by atoms with Crippen LogP contribution in [0.15, 0.2) is 24.3 Å². The molecule has 1 aliphatic heterocycles. The lowest BCUT2D eigenvalue weighted by molar-refractivity contribution is -0.134. The van der Waals surface area contributed by atoms with Crippen LogP contribution in [0.25, 0.3) is 0 Å². The summed E-state index contributed by atoms with van der Waals surface area (Å²) in [4.78, 5) is 38.3. The summed E-state index contributed by atoms with van der Waals surface area (Å²) >= 11 is 0. The molecule has 6 nitrogen and oxygen atoms in total. The lowest BCUT2D eigenvalue weighted by Crippen LogP contribution is -2.46. The van der Waals surface area contributed by atoms with E-state index >= 15 is 0 Å². The number of nitrogens with zero attached hydrogens (tertiary/aromatic N) is 1. The molecule has 6 heteroatoms. The van der Waals surface area contributed by atoms with E-state index in [0.29, 0.717) is 6.54 Å². The van der Waals surface area contributed by atoms with Gasteiger partial charge in [-0.25, -0.2) is 4.79 Å². The molecule has 1 aromatic carbocycles. The summed E-state index contributed by atoms with van der Waals surface area (Å²) in [6.45, 7) is 4.37. The highest BCUT2D eigenvalue weighted by Crippen LogP contribution is 2.40. The van der Waals surface area contributed by atoms with Gasteiger partial charge in [0.15, 0.2) is 0 Å². The van der Waals surface area contributed by atoms with Gasteiger partial charge in [0.1, 0.15) is 12.6 Å². The van der Waals surface area contributed by atoms with Crippen LogP contribution in [0.2, 0.25) is 0 Å². The van der Waals surface area contributed by atoms with Crippen molar-refractivity contribution in [2.75, 3.05) is 13.1 Å². The molecular weight excluding hydrogens is 342 g/mol. The normalized spacial score (nSPS) is 21.9. The summed E-state index contributed by atoms with van der Waals surface area (Å²) in [6, 6.07) is 7.07. The van der Waals surface area contributed by atoms with Crippen molar-refractivity contribution in [1.82, 2.24) is 15.5 Å². The predicted molar refractivity (Wildman–Crippen MR) is 103 cm³/mol. The average molecular weight is 371 g/mol. The molecule has 0 radical (unpaired) electrons. The van der Waals surface area contributed by atoms with Crippen LogP contribution >= 0.6 is 0 Å². The molecule has 1 saturated carbocycles. The Morgan fingerprint density at radius 2 is 1.93 bits per heavy atom. The molecule has 4 amide bonds. The van der Waals surface area contributed by atoms with Crippen LogP contribution in [0, 0.1) is 12.3 Å². The van der Waals surface area contributed by atoms with E-state index < -0.39 is 12.1 Å². The number of carbonyl (C=O) groups excluding carboxylic acids is 3. The smallest absolute Gasteiger partial charge is 0.325 e. The molecule has 1 saturated heterocycles. The first kappa shape index (κ1) is 19.4. The van der Waals surface area contributed by atoms with Gasteiger partial charge >= 0.3 is 6.03 Å². The Bertz CT molecular complexity index is 725. The quantitative estimate of drug-likeness (QED) is 0.755. The number of hydrogen-bond donors (Lipinski definition) is 2. The van der Waals surface area contributed by atoms with Crippen LogP contribution in [0.4, 0.5) is 4.79 Å². The molecule has 1 heterocycles. The predicted octanol–water partition coefficient (Wildman–Crippen LogP) is 2.54. The van der Waals surface area contributed by atoms with E-state index in [9.17, 15) is 14.4 Å². The van der Waals surface area contributed by atoms with Gasteiger partial charge in [-0.2, -0.15) is 0 Å². The first-order valence-corrected chi connectivity index (χ1v) is 9.84.